The zero-order chi connectivity index (χ0) is 16.8. The molecule has 5 heteroatoms. The summed E-state index contributed by atoms with van der Waals surface area (Å²) >= 11 is 5.91. The second-order valence-corrected chi connectivity index (χ2v) is 6.17. The minimum Gasteiger partial charge on any atom is -0.494 e. The third-order valence-corrected chi connectivity index (χ3v) is 4.36. The molecule has 3 aromatic rings. The van der Waals surface area contributed by atoms with Crippen LogP contribution >= 0.6 is 11.6 Å². The predicted octanol–water partition coefficient (Wildman–Crippen LogP) is 2.71. The Labute approximate surface area is 142 Å². The molecule has 0 aliphatic carbocycles. The average Bonchev–Trinajstić information content (AvgIpc) is 3.02. The second kappa shape index (κ2) is 5.35. The number of hydrogen-bond acceptors (Lipinski definition) is 2. The number of H-pyrrole nitrogens is 1. The van der Waals surface area contributed by atoms with Crippen molar-refractivity contribution in [2.75, 3.05) is 0 Å². The van der Waals surface area contributed by atoms with Crippen LogP contribution in [0, 0.1) is 6.92 Å². The van der Waals surface area contributed by atoms with Crippen molar-refractivity contribution in [3.8, 4) is 17.0 Å². The fourth-order valence-electron chi connectivity index (χ4n) is 2.91. The molecule has 1 amide bonds. The number of nitrogens with one attached hydrogen (secondary N) is 1. The van der Waals surface area contributed by atoms with Crippen LogP contribution in [0.2, 0.25) is 5.02 Å². The lowest BCUT2D eigenvalue weighted by atomic mass is 10.0. The molecule has 4 nitrogen and oxygen atoms in total. The van der Waals surface area contributed by atoms with Crippen molar-refractivity contribution in [3.05, 3.63) is 75.4 Å². The number of aromatic nitrogens is 1. The molecular formula is C19H13ClN2O2. The van der Waals surface area contributed by atoms with E-state index in [4.69, 9.17) is 11.6 Å². The van der Waals surface area contributed by atoms with Crippen molar-refractivity contribution in [2.45, 2.75) is 6.92 Å². The standard InChI is InChI=1S/C19H13ClN2O2/c1-10-2-4-11(5-3-10)14-16-17(22-18(14)23)15(19(24)21-16)12-6-8-13(20)9-7-12/h2-9,22-23H,1H3. The molecule has 2 heterocycles. The lowest BCUT2D eigenvalue weighted by molar-refractivity contribution is -0.112. The smallest absolute Gasteiger partial charge is 0.280 e. The van der Waals surface area contributed by atoms with Gasteiger partial charge in [0.2, 0.25) is 0 Å². The van der Waals surface area contributed by atoms with E-state index in [0.29, 0.717) is 32.4 Å². The summed E-state index contributed by atoms with van der Waals surface area (Å²) in [7, 11) is 0. The van der Waals surface area contributed by atoms with Gasteiger partial charge in [0.1, 0.15) is 5.36 Å². The van der Waals surface area contributed by atoms with Crippen molar-refractivity contribution in [1.82, 2.24) is 4.98 Å². The third-order valence-electron chi connectivity index (χ3n) is 4.10. The van der Waals surface area contributed by atoms with Crippen LogP contribution in [0.15, 0.2) is 53.5 Å². The number of hydrogen-bond donors (Lipinski definition) is 2. The van der Waals surface area contributed by atoms with Crippen molar-refractivity contribution in [3.63, 3.8) is 0 Å². The number of rotatable bonds is 2. The Balaban J connectivity index is 1.99. The maximum Gasteiger partial charge on any atom is 0.280 e. The Bertz CT molecular complexity index is 1080. The number of fused-ring (bicyclic) bond motifs is 1. The van der Waals surface area contributed by atoms with E-state index in [1.807, 2.05) is 31.2 Å². The van der Waals surface area contributed by atoms with E-state index in [9.17, 15) is 9.90 Å². The van der Waals surface area contributed by atoms with Gasteiger partial charge in [0, 0.05) is 5.02 Å². The fraction of sp³-hybridized carbons (Fsp3) is 0.0526. The van der Waals surface area contributed by atoms with E-state index in [-0.39, 0.29) is 11.8 Å². The predicted molar refractivity (Wildman–Crippen MR) is 92.4 cm³/mol. The maximum absolute atomic E-state index is 12.4. The molecule has 0 unspecified atom stereocenters. The van der Waals surface area contributed by atoms with E-state index < -0.39 is 0 Å². The Kier molecular flexibility index (Phi) is 3.28. The van der Waals surface area contributed by atoms with E-state index in [1.165, 1.54) is 0 Å². The van der Waals surface area contributed by atoms with Gasteiger partial charge in [-0.15, -0.1) is 0 Å². The van der Waals surface area contributed by atoms with Crippen LogP contribution in [0.1, 0.15) is 11.1 Å². The van der Waals surface area contributed by atoms with Gasteiger partial charge < -0.3 is 10.1 Å². The number of nitrogens with zero attached hydrogens (tertiary/aromatic N) is 1. The summed E-state index contributed by atoms with van der Waals surface area (Å²) in [5.41, 5.74) is 3.62. The molecule has 1 aliphatic rings. The molecule has 24 heavy (non-hydrogen) atoms. The minimum atomic E-state index is -0.327. The molecule has 0 spiro atoms. The highest BCUT2D eigenvalue weighted by atomic mass is 35.5. The Hall–Kier alpha value is -2.85. The Morgan fingerprint density at radius 3 is 2.29 bits per heavy atom. The summed E-state index contributed by atoms with van der Waals surface area (Å²) in [5, 5.41) is 11.9. The van der Waals surface area contributed by atoms with Crippen LogP contribution in [-0.2, 0) is 4.79 Å². The molecule has 0 saturated heterocycles. The number of aromatic amines is 1. The highest BCUT2D eigenvalue weighted by Gasteiger charge is 2.24. The van der Waals surface area contributed by atoms with Crippen molar-refractivity contribution < 1.29 is 9.90 Å². The van der Waals surface area contributed by atoms with Gasteiger partial charge in [0.25, 0.3) is 5.91 Å². The van der Waals surface area contributed by atoms with Gasteiger partial charge in [-0.25, -0.2) is 4.99 Å². The van der Waals surface area contributed by atoms with Gasteiger partial charge in [-0.1, -0.05) is 53.6 Å². The fourth-order valence-corrected chi connectivity index (χ4v) is 3.04. The van der Waals surface area contributed by atoms with Gasteiger partial charge in [0.15, 0.2) is 5.88 Å². The zero-order valence-electron chi connectivity index (χ0n) is 12.8. The first-order valence-corrected chi connectivity index (χ1v) is 7.83. The van der Waals surface area contributed by atoms with Crippen LogP contribution in [0.5, 0.6) is 5.88 Å². The first-order chi connectivity index (χ1) is 11.5. The summed E-state index contributed by atoms with van der Waals surface area (Å²) in [6.07, 6.45) is 0. The second-order valence-electron chi connectivity index (χ2n) is 5.74. The highest BCUT2D eigenvalue weighted by Crippen LogP contribution is 2.25. The van der Waals surface area contributed by atoms with Gasteiger partial charge in [0.05, 0.1) is 16.5 Å². The van der Waals surface area contributed by atoms with Crippen LogP contribution in [0.3, 0.4) is 0 Å². The molecule has 4 rings (SSSR count). The molecule has 0 atom stereocenters. The van der Waals surface area contributed by atoms with Gasteiger partial charge >= 0.3 is 0 Å². The van der Waals surface area contributed by atoms with Crippen LogP contribution in [0.4, 0.5) is 0 Å². The number of amides is 1. The van der Waals surface area contributed by atoms with Crippen LogP contribution in [0.25, 0.3) is 16.7 Å². The highest BCUT2D eigenvalue weighted by molar-refractivity contribution is 6.30. The van der Waals surface area contributed by atoms with Gasteiger partial charge in [-0.05, 0) is 30.2 Å². The quantitative estimate of drug-likeness (QED) is 0.755. The molecule has 0 saturated carbocycles. The van der Waals surface area contributed by atoms with Crippen LogP contribution in [-0.4, -0.2) is 16.0 Å². The SMILES string of the molecule is Cc1ccc(-c2c(O)[nH]c3c2=NC(=O)C=3c2ccc(Cl)cc2)cc1. The molecule has 2 N–H and O–H groups in total. The van der Waals surface area contributed by atoms with Gasteiger partial charge in [-0.2, -0.15) is 0 Å². The first kappa shape index (κ1) is 14.7. The van der Waals surface area contributed by atoms with E-state index in [0.717, 1.165) is 11.1 Å². The van der Waals surface area contributed by atoms with Crippen molar-refractivity contribution in [1.29, 1.82) is 0 Å². The molecule has 118 valence electrons. The van der Waals surface area contributed by atoms with Crippen molar-refractivity contribution >= 4 is 23.1 Å². The molecule has 0 fully saturated rings. The number of carbonyl (C=O) groups excluding carboxylic acids is 1. The molecule has 2 aromatic carbocycles. The summed E-state index contributed by atoms with van der Waals surface area (Å²) in [6, 6.07) is 14.7. The average molecular weight is 337 g/mol. The number of carbonyl (C=O) groups is 1. The van der Waals surface area contributed by atoms with Crippen LogP contribution < -0.4 is 10.7 Å². The minimum absolute atomic E-state index is 0.00608. The zero-order valence-corrected chi connectivity index (χ0v) is 13.6. The largest absolute Gasteiger partial charge is 0.494 e. The molecule has 1 aliphatic heterocycles. The van der Waals surface area contributed by atoms with E-state index >= 15 is 0 Å². The summed E-state index contributed by atoms with van der Waals surface area (Å²) in [4.78, 5) is 19.4. The monoisotopic (exact) mass is 336 g/mol. The topological polar surface area (TPSA) is 65.4 Å². The number of aryl methyl sites for hydroxylation is 1. The number of benzene rings is 2. The molecule has 1 aromatic heterocycles. The summed E-state index contributed by atoms with van der Waals surface area (Å²) < 4.78 is 0. The third kappa shape index (κ3) is 2.23. The first-order valence-electron chi connectivity index (χ1n) is 7.46. The normalized spacial score (nSPS) is 13.1. The molecule has 0 bridgehead atoms. The molecular weight excluding hydrogens is 324 g/mol. The van der Waals surface area contributed by atoms with Gasteiger partial charge in [-0.3, -0.25) is 4.79 Å². The Morgan fingerprint density at radius 2 is 1.62 bits per heavy atom. The molecule has 0 radical (unpaired) electrons. The van der Waals surface area contributed by atoms with E-state index in [1.54, 1.807) is 24.3 Å². The lowest BCUT2D eigenvalue weighted by Crippen LogP contribution is -2.22. The number of halogens is 1. The van der Waals surface area contributed by atoms with E-state index in [2.05, 4.69) is 9.98 Å². The summed E-state index contributed by atoms with van der Waals surface area (Å²) in [5.74, 6) is -0.321. The van der Waals surface area contributed by atoms with Crippen molar-refractivity contribution in [2.24, 2.45) is 4.99 Å². The number of aromatic hydroxyl groups is 1. The Morgan fingerprint density at radius 1 is 1.00 bits per heavy atom. The lowest BCUT2D eigenvalue weighted by Gasteiger charge is -2.01. The maximum atomic E-state index is 12.4. The summed E-state index contributed by atoms with van der Waals surface area (Å²) in [6.45, 7) is 1.99.